The predicted octanol–water partition coefficient (Wildman–Crippen LogP) is 23.7. The molecule has 3 unspecified atom stereocenters. The number of phosphoric ester groups is 1. The Bertz CT molecular complexity index is 1620. The number of hydrogen-bond donors (Lipinski definition) is 1. The summed E-state index contributed by atoms with van der Waals surface area (Å²) in [5.74, 6) is -0.520. The second kappa shape index (κ2) is 66.9. The Morgan fingerprint density at radius 3 is 1.07 bits per heavy atom. The van der Waals surface area contributed by atoms with Gasteiger partial charge < -0.3 is 28.5 Å². The molecule has 0 aromatic carbocycles. The number of carbonyl (C=O) groups excluding carboxylic acids is 2. The molecular formula is C77H147N2O7P. The number of carbonyl (C=O) groups is 2. The number of amides is 1. The number of ether oxygens (including phenoxy) is 1. The highest BCUT2D eigenvalue weighted by Gasteiger charge is 2.27. The third-order valence-electron chi connectivity index (χ3n) is 17.3. The molecule has 0 rings (SSSR count). The molecule has 0 fully saturated rings. The van der Waals surface area contributed by atoms with Gasteiger partial charge in [-0.3, -0.25) is 14.2 Å². The Morgan fingerprint density at radius 2 is 0.701 bits per heavy atom. The standard InChI is InChI=1S/C77H147N2O7P/c1-7-10-13-16-19-22-25-28-30-32-34-36-37-38-39-40-41-43-45-47-49-52-55-58-61-64-67-70-77(81)86-75(68-65-62-59-56-53-50-27-24-21-18-15-12-9-3)74(73-85-87(82,83)84-72-71-79(4,5)6)78-76(80)69-66-63-60-57-54-51-48-46-44-42-35-33-31-29-26-23-20-17-14-11-8-2/h19,22,28,30,34,36,65,68,74-75H,7-18,20-21,23-27,29,31-33,35,37-64,66-67,69-73H2,1-6H3,(H-,78,80,82,83)/b22-19-,30-28-,36-34-,68-65+. The second-order valence-electron chi connectivity index (χ2n) is 27.2. The first kappa shape index (κ1) is 85.0. The van der Waals surface area contributed by atoms with E-state index in [4.69, 9.17) is 13.8 Å². The van der Waals surface area contributed by atoms with Gasteiger partial charge in [-0.25, -0.2) is 0 Å². The molecule has 1 amide bonds. The zero-order valence-corrected chi connectivity index (χ0v) is 59.6. The van der Waals surface area contributed by atoms with Crippen LogP contribution < -0.4 is 10.2 Å². The first-order valence-corrected chi connectivity index (χ1v) is 39.4. The highest BCUT2D eigenvalue weighted by Crippen LogP contribution is 2.38. The van der Waals surface area contributed by atoms with Gasteiger partial charge in [0.25, 0.3) is 7.82 Å². The Hall–Kier alpha value is -2.03. The van der Waals surface area contributed by atoms with E-state index >= 15 is 0 Å². The summed E-state index contributed by atoms with van der Waals surface area (Å²) in [6.07, 6.45) is 85.3. The van der Waals surface area contributed by atoms with Crippen molar-refractivity contribution in [2.24, 2.45) is 0 Å². The molecule has 0 saturated carbocycles. The van der Waals surface area contributed by atoms with Gasteiger partial charge in [0.2, 0.25) is 5.91 Å². The lowest BCUT2D eigenvalue weighted by molar-refractivity contribution is -0.870. The van der Waals surface area contributed by atoms with Gasteiger partial charge >= 0.3 is 5.97 Å². The zero-order chi connectivity index (χ0) is 63.5. The Balaban J connectivity index is 4.99. The topological polar surface area (TPSA) is 114 Å². The number of quaternary nitrogens is 1. The van der Waals surface area contributed by atoms with Gasteiger partial charge in [-0.05, 0) is 70.3 Å². The van der Waals surface area contributed by atoms with Gasteiger partial charge in [-0.2, -0.15) is 0 Å². The van der Waals surface area contributed by atoms with Gasteiger partial charge in [-0.15, -0.1) is 0 Å². The molecule has 1 N–H and O–H groups in total. The molecule has 0 aromatic heterocycles. The van der Waals surface area contributed by atoms with Crippen molar-refractivity contribution in [3.63, 3.8) is 0 Å². The van der Waals surface area contributed by atoms with Gasteiger partial charge in [0.1, 0.15) is 19.3 Å². The molecule has 0 radical (unpaired) electrons. The van der Waals surface area contributed by atoms with Crippen molar-refractivity contribution < 1.29 is 37.3 Å². The summed E-state index contributed by atoms with van der Waals surface area (Å²) in [6.45, 7) is 6.89. The fraction of sp³-hybridized carbons (Fsp3) is 0.870. The molecule has 0 aliphatic carbocycles. The lowest BCUT2D eigenvalue weighted by Gasteiger charge is -2.30. The van der Waals surface area contributed by atoms with E-state index in [9.17, 15) is 19.0 Å². The Morgan fingerprint density at radius 1 is 0.402 bits per heavy atom. The van der Waals surface area contributed by atoms with Crippen LogP contribution in [0.25, 0.3) is 0 Å². The van der Waals surface area contributed by atoms with Crippen LogP contribution in [-0.4, -0.2) is 69.4 Å². The minimum absolute atomic E-state index is 0.0197. The van der Waals surface area contributed by atoms with E-state index in [1.807, 2.05) is 33.3 Å². The highest BCUT2D eigenvalue weighted by molar-refractivity contribution is 7.45. The van der Waals surface area contributed by atoms with E-state index in [0.717, 1.165) is 70.6 Å². The first-order valence-electron chi connectivity index (χ1n) is 37.9. The number of likely N-dealkylation sites (N-methyl/N-ethyl adjacent to an activating group) is 1. The van der Waals surface area contributed by atoms with Gasteiger partial charge in [0, 0.05) is 12.8 Å². The summed E-state index contributed by atoms with van der Waals surface area (Å²) in [5.41, 5.74) is 0. The van der Waals surface area contributed by atoms with E-state index in [0.29, 0.717) is 17.4 Å². The summed E-state index contributed by atoms with van der Waals surface area (Å²) >= 11 is 0. The molecule has 0 aromatic rings. The summed E-state index contributed by atoms with van der Waals surface area (Å²) in [6, 6.07) is -0.887. The van der Waals surface area contributed by atoms with Crippen LogP contribution in [0.15, 0.2) is 48.6 Å². The van der Waals surface area contributed by atoms with Crippen molar-refractivity contribution in [3.8, 4) is 0 Å². The van der Waals surface area contributed by atoms with E-state index in [1.54, 1.807) is 0 Å². The van der Waals surface area contributed by atoms with Crippen molar-refractivity contribution in [2.45, 2.75) is 392 Å². The molecule has 0 aliphatic heterocycles. The van der Waals surface area contributed by atoms with E-state index in [2.05, 4.69) is 62.5 Å². The largest absolute Gasteiger partial charge is 0.756 e. The molecule has 0 heterocycles. The summed E-state index contributed by atoms with van der Waals surface area (Å²) < 4.78 is 30.5. The van der Waals surface area contributed by atoms with Crippen molar-refractivity contribution in [1.29, 1.82) is 0 Å². The fourth-order valence-corrected chi connectivity index (χ4v) is 12.1. The maximum Gasteiger partial charge on any atom is 0.306 e. The van der Waals surface area contributed by atoms with Gasteiger partial charge in [0.05, 0.1) is 33.8 Å². The van der Waals surface area contributed by atoms with Crippen LogP contribution in [0.5, 0.6) is 0 Å². The van der Waals surface area contributed by atoms with Crippen molar-refractivity contribution in [3.05, 3.63) is 48.6 Å². The quantitative estimate of drug-likeness (QED) is 0.0212. The van der Waals surface area contributed by atoms with Crippen LogP contribution >= 0.6 is 7.82 Å². The van der Waals surface area contributed by atoms with E-state index in [1.165, 1.54) is 276 Å². The minimum Gasteiger partial charge on any atom is -0.756 e. The second-order valence-corrected chi connectivity index (χ2v) is 28.6. The van der Waals surface area contributed by atoms with Crippen LogP contribution in [0.1, 0.15) is 380 Å². The zero-order valence-electron chi connectivity index (χ0n) is 58.7. The number of esters is 1. The summed E-state index contributed by atoms with van der Waals surface area (Å²) in [5, 5.41) is 3.06. The van der Waals surface area contributed by atoms with Crippen LogP contribution in [0.4, 0.5) is 0 Å². The Labute approximate surface area is 541 Å². The van der Waals surface area contributed by atoms with Crippen molar-refractivity contribution >= 4 is 19.7 Å². The molecule has 10 heteroatoms. The molecule has 0 aliphatic rings. The molecule has 0 saturated heterocycles. The SMILES string of the molecule is CCCCC/C=C\C/C=C\C/C=C\CCCCCCCCCCCCCCCCC(=O)OC(/C=C/CCCCCCCCCCCCC)C(COP(=O)([O-])OCC[N+](C)(C)C)NC(=O)CCCCCCCCCCCCCCCCCCCCCCC. The molecule has 0 spiro atoms. The summed E-state index contributed by atoms with van der Waals surface area (Å²) in [4.78, 5) is 40.3. The highest BCUT2D eigenvalue weighted by atomic mass is 31.2. The maximum absolute atomic E-state index is 13.6. The lowest BCUT2D eigenvalue weighted by Crippen LogP contribution is -2.47. The van der Waals surface area contributed by atoms with Crippen LogP contribution in [0.3, 0.4) is 0 Å². The number of phosphoric acid groups is 1. The molecule has 0 bridgehead atoms. The van der Waals surface area contributed by atoms with Crippen molar-refractivity contribution in [2.75, 3.05) is 40.9 Å². The van der Waals surface area contributed by atoms with Crippen LogP contribution in [0, 0.1) is 0 Å². The maximum atomic E-state index is 13.6. The van der Waals surface area contributed by atoms with E-state index < -0.39 is 20.0 Å². The number of allylic oxidation sites excluding steroid dienone is 7. The summed E-state index contributed by atoms with van der Waals surface area (Å²) in [7, 11) is 1.20. The first-order chi connectivity index (χ1) is 42.4. The fourth-order valence-electron chi connectivity index (χ4n) is 11.4. The minimum atomic E-state index is -4.70. The lowest BCUT2D eigenvalue weighted by atomic mass is 10.0. The number of unbranched alkanes of at least 4 members (excludes halogenated alkanes) is 48. The molecule has 512 valence electrons. The Kier molecular flexibility index (Phi) is 65.3. The molecule has 9 nitrogen and oxygen atoms in total. The number of nitrogens with one attached hydrogen (secondary N) is 1. The van der Waals surface area contributed by atoms with Gasteiger partial charge in [-0.1, -0.05) is 346 Å². The average molecular weight is 1240 g/mol. The van der Waals surface area contributed by atoms with Crippen molar-refractivity contribution in [1.82, 2.24) is 5.32 Å². The molecule has 3 atom stereocenters. The van der Waals surface area contributed by atoms with Crippen LogP contribution in [0.2, 0.25) is 0 Å². The molecule has 87 heavy (non-hydrogen) atoms. The normalized spacial score (nSPS) is 13.7. The molecular weight excluding hydrogens is 1100 g/mol. The third-order valence-corrected chi connectivity index (χ3v) is 18.2. The van der Waals surface area contributed by atoms with Gasteiger partial charge in [0.15, 0.2) is 0 Å². The number of rotatable bonds is 70. The number of hydrogen-bond acceptors (Lipinski definition) is 7. The van der Waals surface area contributed by atoms with Crippen LogP contribution in [-0.2, 0) is 27.9 Å². The predicted molar refractivity (Wildman–Crippen MR) is 376 cm³/mol. The smallest absolute Gasteiger partial charge is 0.306 e. The average Bonchev–Trinajstić information content (AvgIpc) is 3.70. The van der Waals surface area contributed by atoms with E-state index in [-0.39, 0.29) is 31.5 Å². The monoisotopic (exact) mass is 1240 g/mol. The third kappa shape index (κ3) is 68.2. The number of nitrogens with zero attached hydrogens (tertiary/aromatic N) is 1.